The first-order chi connectivity index (χ1) is 5.84. The van der Waals surface area contributed by atoms with Crippen molar-refractivity contribution in [2.45, 2.75) is 18.2 Å². The van der Waals surface area contributed by atoms with Crippen molar-refractivity contribution in [3.05, 3.63) is 0 Å². The lowest BCUT2D eigenvalue weighted by Crippen LogP contribution is -2.39. The Labute approximate surface area is 85.1 Å². The summed E-state index contributed by atoms with van der Waals surface area (Å²) in [6, 6.07) is 0. The number of nitrogens with two attached hydrogens (primary N) is 1. The predicted molar refractivity (Wildman–Crippen MR) is 51.6 cm³/mol. The van der Waals surface area contributed by atoms with Gasteiger partial charge in [-0.25, -0.2) is 4.79 Å². The summed E-state index contributed by atoms with van der Waals surface area (Å²) in [5.74, 6) is -0.166. The van der Waals surface area contributed by atoms with Crippen LogP contribution >= 0.6 is 15.9 Å². The van der Waals surface area contributed by atoms with Crippen molar-refractivity contribution in [1.82, 2.24) is 5.32 Å². The van der Waals surface area contributed by atoms with Crippen molar-refractivity contribution in [2.24, 2.45) is 5.73 Å². The van der Waals surface area contributed by atoms with Crippen molar-refractivity contribution >= 4 is 27.9 Å². The van der Waals surface area contributed by atoms with Gasteiger partial charge in [-0.05, 0) is 13.8 Å². The highest BCUT2D eigenvalue weighted by Crippen LogP contribution is 2.14. The summed E-state index contributed by atoms with van der Waals surface area (Å²) < 4.78 is 3.80. The molecule has 0 aromatic heterocycles. The highest BCUT2D eigenvalue weighted by Gasteiger charge is 2.22. The van der Waals surface area contributed by atoms with E-state index in [1.54, 1.807) is 13.8 Å². The van der Waals surface area contributed by atoms with E-state index in [4.69, 9.17) is 5.73 Å². The maximum Gasteiger partial charge on any atom is 0.404 e. The lowest BCUT2D eigenvalue weighted by molar-refractivity contribution is -0.122. The molecule has 0 spiro atoms. The quantitative estimate of drug-likeness (QED) is 0.561. The van der Waals surface area contributed by atoms with Crippen molar-refractivity contribution in [3.63, 3.8) is 0 Å². The summed E-state index contributed by atoms with van der Waals surface area (Å²) in [7, 11) is 0. The molecule has 0 saturated heterocycles. The molecular weight excluding hydrogens is 240 g/mol. The fourth-order valence-electron chi connectivity index (χ4n) is 0.526. The van der Waals surface area contributed by atoms with Crippen LogP contribution in [0, 0.1) is 0 Å². The third-order valence-electron chi connectivity index (χ3n) is 1.17. The zero-order chi connectivity index (χ0) is 10.5. The molecule has 0 aliphatic rings. The molecule has 0 aliphatic heterocycles. The Kier molecular flexibility index (Phi) is 4.76. The topological polar surface area (TPSA) is 81.4 Å². The lowest BCUT2D eigenvalue weighted by Gasteiger charge is -2.15. The van der Waals surface area contributed by atoms with Crippen LogP contribution in [0.1, 0.15) is 13.8 Å². The van der Waals surface area contributed by atoms with Crippen molar-refractivity contribution in [1.29, 1.82) is 0 Å². The number of hydrogen-bond donors (Lipinski definition) is 2. The van der Waals surface area contributed by atoms with Gasteiger partial charge in [0.25, 0.3) is 0 Å². The molecule has 0 radical (unpaired) electrons. The number of ether oxygens (including phenoxy) is 1. The van der Waals surface area contributed by atoms with Gasteiger partial charge in [-0.3, -0.25) is 4.79 Å². The molecule has 0 heterocycles. The lowest BCUT2D eigenvalue weighted by atomic mass is 10.2. The smallest absolute Gasteiger partial charge is 0.404 e. The fraction of sp³-hybridized carbons (Fsp3) is 0.714. The molecule has 0 aliphatic carbocycles. The van der Waals surface area contributed by atoms with Crippen molar-refractivity contribution in [2.75, 3.05) is 13.2 Å². The molecule has 0 aromatic carbocycles. The molecule has 13 heavy (non-hydrogen) atoms. The average molecular weight is 253 g/mol. The van der Waals surface area contributed by atoms with Gasteiger partial charge < -0.3 is 15.8 Å². The SMILES string of the molecule is CC(C)(Br)C(=O)NCCOC(N)=O. The van der Waals surface area contributed by atoms with Crippen LogP contribution in [0.5, 0.6) is 0 Å². The second kappa shape index (κ2) is 5.06. The molecule has 0 saturated carbocycles. The summed E-state index contributed by atoms with van der Waals surface area (Å²) in [6.45, 7) is 3.79. The molecule has 0 bridgehead atoms. The van der Waals surface area contributed by atoms with E-state index in [1.807, 2.05) is 0 Å². The Hall–Kier alpha value is -0.780. The van der Waals surface area contributed by atoms with Gasteiger partial charge in [-0.15, -0.1) is 0 Å². The van der Waals surface area contributed by atoms with E-state index in [1.165, 1.54) is 0 Å². The third kappa shape index (κ3) is 6.39. The summed E-state index contributed by atoms with van der Waals surface area (Å²) in [5, 5.41) is 2.56. The molecule has 5 nitrogen and oxygen atoms in total. The van der Waals surface area contributed by atoms with Gasteiger partial charge in [0.2, 0.25) is 5.91 Å². The largest absolute Gasteiger partial charge is 0.448 e. The Morgan fingerprint density at radius 1 is 1.54 bits per heavy atom. The van der Waals surface area contributed by atoms with Gasteiger partial charge in [0.15, 0.2) is 0 Å². The maximum atomic E-state index is 11.2. The summed E-state index contributed by atoms with van der Waals surface area (Å²) in [4.78, 5) is 21.3. The molecule has 76 valence electrons. The number of halogens is 1. The van der Waals surface area contributed by atoms with E-state index >= 15 is 0 Å². The van der Waals surface area contributed by atoms with Crippen LogP contribution < -0.4 is 11.1 Å². The van der Waals surface area contributed by atoms with Crippen LogP contribution in [-0.2, 0) is 9.53 Å². The first-order valence-electron chi connectivity index (χ1n) is 3.73. The number of hydrogen-bond acceptors (Lipinski definition) is 3. The van der Waals surface area contributed by atoms with E-state index in [0.717, 1.165) is 0 Å². The van der Waals surface area contributed by atoms with Gasteiger partial charge in [-0.1, -0.05) is 15.9 Å². The summed E-state index contributed by atoms with van der Waals surface area (Å²) in [5.41, 5.74) is 4.71. The molecule has 0 fully saturated rings. The highest BCUT2D eigenvalue weighted by atomic mass is 79.9. The van der Waals surface area contributed by atoms with Crippen molar-refractivity contribution < 1.29 is 14.3 Å². The van der Waals surface area contributed by atoms with Gasteiger partial charge in [0, 0.05) is 0 Å². The number of nitrogens with one attached hydrogen (secondary N) is 1. The minimum absolute atomic E-state index is 0.0875. The van der Waals surface area contributed by atoms with Crippen molar-refractivity contribution in [3.8, 4) is 0 Å². The molecular formula is C7H13BrN2O3. The van der Waals surface area contributed by atoms with Crippen LogP contribution in [0.15, 0.2) is 0 Å². The van der Waals surface area contributed by atoms with E-state index in [0.29, 0.717) is 0 Å². The van der Waals surface area contributed by atoms with Crippen LogP contribution in [0.4, 0.5) is 4.79 Å². The monoisotopic (exact) mass is 252 g/mol. The number of primary amides is 1. The molecule has 0 rings (SSSR count). The van der Waals surface area contributed by atoms with E-state index in [9.17, 15) is 9.59 Å². The zero-order valence-corrected chi connectivity index (χ0v) is 9.18. The van der Waals surface area contributed by atoms with Crippen LogP contribution in [0.25, 0.3) is 0 Å². The molecule has 2 amide bonds. The van der Waals surface area contributed by atoms with Gasteiger partial charge in [0.1, 0.15) is 6.61 Å². The zero-order valence-electron chi connectivity index (χ0n) is 7.59. The normalized spacial score (nSPS) is 10.7. The predicted octanol–water partition coefficient (Wildman–Crippen LogP) is 0.371. The second-order valence-electron chi connectivity index (χ2n) is 2.90. The minimum Gasteiger partial charge on any atom is -0.448 e. The average Bonchev–Trinajstić information content (AvgIpc) is 1.95. The van der Waals surface area contributed by atoms with Gasteiger partial charge in [-0.2, -0.15) is 0 Å². The molecule has 3 N–H and O–H groups in total. The molecule has 0 unspecified atom stereocenters. The van der Waals surface area contributed by atoms with Gasteiger partial charge in [0.05, 0.1) is 10.9 Å². The summed E-state index contributed by atoms with van der Waals surface area (Å²) >= 11 is 3.18. The Bertz CT molecular complexity index is 200. The molecule has 0 atom stereocenters. The number of amides is 2. The van der Waals surface area contributed by atoms with E-state index in [-0.39, 0.29) is 19.1 Å². The molecule has 0 aromatic rings. The number of alkyl halides is 1. The first kappa shape index (κ1) is 12.2. The minimum atomic E-state index is -0.840. The van der Waals surface area contributed by atoms with E-state index in [2.05, 4.69) is 26.0 Å². The number of carbonyl (C=O) groups is 2. The Morgan fingerprint density at radius 2 is 2.08 bits per heavy atom. The Balaban J connectivity index is 3.55. The summed E-state index contributed by atoms with van der Waals surface area (Å²) in [6.07, 6.45) is -0.840. The Morgan fingerprint density at radius 3 is 2.46 bits per heavy atom. The number of carbonyl (C=O) groups excluding carboxylic acids is 2. The highest BCUT2D eigenvalue weighted by molar-refractivity contribution is 9.10. The number of rotatable bonds is 4. The standard InChI is InChI=1S/C7H13BrN2O3/c1-7(2,8)5(11)10-3-4-13-6(9)12/h3-4H2,1-2H3,(H2,9,12)(H,10,11). The molecule has 6 heteroatoms. The first-order valence-corrected chi connectivity index (χ1v) is 4.53. The second-order valence-corrected chi connectivity index (χ2v) is 4.88. The fourth-order valence-corrected chi connectivity index (χ4v) is 0.667. The van der Waals surface area contributed by atoms with Crippen LogP contribution in [0.3, 0.4) is 0 Å². The van der Waals surface area contributed by atoms with Crippen LogP contribution in [-0.4, -0.2) is 29.5 Å². The maximum absolute atomic E-state index is 11.2. The third-order valence-corrected chi connectivity index (χ3v) is 1.53. The van der Waals surface area contributed by atoms with Gasteiger partial charge >= 0.3 is 6.09 Å². The van der Waals surface area contributed by atoms with E-state index < -0.39 is 10.4 Å². The van der Waals surface area contributed by atoms with Crippen LogP contribution in [0.2, 0.25) is 0 Å².